The minimum atomic E-state index is -4.81. The van der Waals surface area contributed by atoms with Crippen LogP contribution in [0, 0.1) is 33.0 Å². The number of piperazine rings is 1. The van der Waals surface area contributed by atoms with Crippen LogP contribution in [0.5, 0.6) is 11.5 Å². The van der Waals surface area contributed by atoms with Crippen LogP contribution in [0.25, 0.3) is 11.0 Å². The summed E-state index contributed by atoms with van der Waals surface area (Å²) in [7, 11) is -4.81. The molecule has 6 aromatic rings. The van der Waals surface area contributed by atoms with Gasteiger partial charge in [-0.2, -0.15) is 0 Å². The number of nitro groups is 1. The summed E-state index contributed by atoms with van der Waals surface area (Å²) in [6, 6.07) is 21.7. The molecule has 15 nitrogen and oxygen atoms in total. The second-order valence-electron chi connectivity index (χ2n) is 20.5. The number of pyridine rings is 1. The number of hydrogen-bond donors (Lipinski definition) is 3. The Morgan fingerprint density at radius 1 is 0.932 bits per heavy atom. The fourth-order valence-electron chi connectivity index (χ4n) is 11.3. The number of fused-ring (bicyclic) bond motifs is 1. The number of aromatic nitrogens is 2. The minimum absolute atomic E-state index is 0.0251. The lowest BCUT2D eigenvalue weighted by atomic mass is 9.59. The average Bonchev–Trinajstić information content (AvgIpc) is 3.85. The minimum Gasteiger partial charge on any atom is -0.455 e. The van der Waals surface area contributed by atoms with Crippen molar-refractivity contribution in [1.82, 2.24) is 24.5 Å². The highest BCUT2D eigenvalue weighted by Gasteiger charge is 2.50. The summed E-state index contributed by atoms with van der Waals surface area (Å²) in [5.41, 5.74) is 1.14. The first-order chi connectivity index (χ1) is 35.4. The average molecular weight is 1040 g/mol. The summed E-state index contributed by atoms with van der Waals surface area (Å²) in [5, 5.41) is 15.6. The second kappa shape index (κ2) is 20.6. The number of alkyl halides is 1. The number of rotatable bonds is 15. The van der Waals surface area contributed by atoms with Gasteiger partial charge in [0.2, 0.25) is 0 Å². The van der Waals surface area contributed by atoms with E-state index in [0.717, 1.165) is 75.1 Å². The van der Waals surface area contributed by atoms with Gasteiger partial charge in [-0.15, -0.1) is 0 Å². The van der Waals surface area contributed by atoms with Crippen molar-refractivity contribution in [2.24, 2.45) is 5.41 Å². The monoisotopic (exact) mass is 1040 g/mol. The molecule has 2 aromatic heterocycles. The molecule has 0 bridgehead atoms. The maximum absolute atomic E-state index is 16.5. The lowest BCUT2D eigenvalue weighted by Crippen LogP contribution is -2.60. The number of hydrogen-bond acceptors (Lipinski definition) is 12. The van der Waals surface area contributed by atoms with Crippen molar-refractivity contribution in [3.05, 3.63) is 147 Å². The fourth-order valence-corrected chi connectivity index (χ4v) is 12.3. The molecule has 3 aliphatic heterocycles. The van der Waals surface area contributed by atoms with E-state index in [2.05, 4.69) is 63.2 Å². The number of anilines is 2. The number of nitro benzene ring substituents is 1. The molecule has 1 amide bonds. The molecule has 0 unspecified atom stereocenters. The van der Waals surface area contributed by atoms with Gasteiger partial charge in [0, 0.05) is 108 Å². The molecule has 1 saturated carbocycles. The highest BCUT2D eigenvalue weighted by Crippen LogP contribution is 2.54. The van der Waals surface area contributed by atoms with E-state index in [9.17, 15) is 32.1 Å². The van der Waals surface area contributed by atoms with Gasteiger partial charge in [0.15, 0.2) is 11.6 Å². The number of H-pyrrole nitrogens is 1. The lowest BCUT2D eigenvalue weighted by molar-refractivity contribution is -0.384. The lowest BCUT2D eigenvalue weighted by Gasteiger charge is -2.58. The number of amides is 1. The molecular weight excluding hydrogens is 981 g/mol. The topological polar surface area (TPSA) is 175 Å². The van der Waals surface area contributed by atoms with Gasteiger partial charge in [-0.05, 0) is 96.2 Å². The highest BCUT2D eigenvalue weighted by atomic mass is 32.2. The molecule has 5 heterocycles. The summed E-state index contributed by atoms with van der Waals surface area (Å²) < 4.78 is 101. The first kappa shape index (κ1) is 50.9. The van der Waals surface area contributed by atoms with E-state index >= 15 is 8.78 Å². The largest absolute Gasteiger partial charge is 0.455 e. The second-order valence-corrected chi connectivity index (χ2v) is 22.2. The number of ether oxygens (including phenoxy) is 2. The number of halogens is 4. The first-order valence-electron chi connectivity index (χ1n) is 25.0. The number of carbonyl (C=O) groups excluding carboxylic acids is 1. The van der Waals surface area contributed by atoms with Crippen LogP contribution in [0.4, 0.5) is 34.6 Å². The van der Waals surface area contributed by atoms with Gasteiger partial charge in [-0.3, -0.25) is 24.7 Å². The Hall–Kier alpha value is -6.61. The molecule has 20 heteroatoms. The third-order valence-electron chi connectivity index (χ3n) is 15.4. The Bertz CT molecular complexity index is 3190. The molecule has 1 aliphatic carbocycles. The molecule has 3 N–H and O–H groups in total. The molecule has 1 atom stereocenters. The third-order valence-corrected chi connectivity index (χ3v) is 16.8. The third kappa shape index (κ3) is 10.7. The van der Waals surface area contributed by atoms with Crippen molar-refractivity contribution in [3.8, 4) is 11.5 Å². The van der Waals surface area contributed by atoms with Crippen LogP contribution in [-0.2, 0) is 21.3 Å². The van der Waals surface area contributed by atoms with E-state index in [0.29, 0.717) is 42.6 Å². The van der Waals surface area contributed by atoms with Gasteiger partial charge >= 0.3 is 0 Å². The maximum Gasteiger partial charge on any atom is 0.293 e. The Labute approximate surface area is 426 Å². The SMILES string of the molecule is CC(C)c1ccccc1[C@@H]1CN(Cc2ccc(F)c(F)c2)CCN1C1CC2(CCN(c3cc(Oc4cnc5[nH]ccc5c4)c(C(=O)NS(=O)(=O)c4ccc(NCC5(F)CCOCC5)c([N+](=O)[O-])c4)cc3F)CC2)C1. The van der Waals surface area contributed by atoms with Crippen LogP contribution in [0.15, 0.2) is 102 Å². The quantitative estimate of drug-likeness (QED) is 0.0505. The van der Waals surface area contributed by atoms with Gasteiger partial charge in [-0.1, -0.05) is 44.2 Å². The molecule has 4 aliphatic rings. The van der Waals surface area contributed by atoms with Crippen LogP contribution in [-0.4, -0.2) is 103 Å². The van der Waals surface area contributed by atoms with Crippen molar-refractivity contribution in [1.29, 1.82) is 0 Å². The molecule has 3 saturated heterocycles. The fraction of sp³-hybridized carbons (Fsp3) is 0.407. The number of carbonyl (C=O) groups is 1. The van der Waals surface area contributed by atoms with Gasteiger partial charge in [0.25, 0.3) is 21.6 Å². The van der Waals surface area contributed by atoms with Gasteiger partial charge in [0.05, 0.1) is 27.3 Å². The number of piperidine rings is 1. The standard InChI is InChI=1S/C54H58F4N8O7S/c1-34(2)40-5-3-4-6-41(40)49-32-63(31-35-7-9-43(55)44(56)23-35)19-20-65(49)37-28-53(29-37)12-17-64(18-13-53)47-27-50(73-38-24-36-11-16-59-51(36)60-30-38)42(26-45(47)57)52(67)62-74(70,71)39-8-10-46(48(25-39)66(68)69)61-33-54(58)14-21-72-22-15-54/h3-11,16,23-27,30,34,37,49,61H,12-15,17-22,28-29,31-33H2,1-2H3,(H,59,60)(H,62,67)/t49-/m0/s1. The Balaban J connectivity index is 0.854. The molecular formula is C54H58F4N8O7S. The zero-order valence-corrected chi connectivity index (χ0v) is 41.9. The Morgan fingerprint density at radius 2 is 1.70 bits per heavy atom. The van der Waals surface area contributed by atoms with Crippen molar-refractivity contribution in [2.45, 2.75) is 87.5 Å². The summed E-state index contributed by atoms with van der Waals surface area (Å²) in [5.74, 6) is -3.40. The Morgan fingerprint density at radius 3 is 2.45 bits per heavy atom. The molecule has 74 heavy (non-hydrogen) atoms. The zero-order valence-electron chi connectivity index (χ0n) is 41.1. The number of sulfonamides is 1. The molecule has 390 valence electrons. The van der Waals surface area contributed by atoms with Gasteiger partial charge in [0.1, 0.15) is 34.3 Å². The van der Waals surface area contributed by atoms with E-state index in [-0.39, 0.29) is 66.9 Å². The van der Waals surface area contributed by atoms with Crippen LogP contribution >= 0.6 is 0 Å². The summed E-state index contributed by atoms with van der Waals surface area (Å²) in [6.07, 6.45) is 6.75. The molecule has 10 rings (SSSR count). The smallest absolute Gasteiger partial charge is 0.293 e. The molecule has 0 radical (unpaired) electrons. The number of nitrogens with one attached hydrogen (secondary N) is 3. The van der Waals surface area contributed by atoms with Crippen LogP contribution in [0.3, 0.4) is 0 Å². The summed E-state index contributed by atoms with van der Waals surface area (Å²) >= 11 is 0. The van der Waals surface area contributed by atoms with Crippen LogP contribution in [0.1, 0.15) is 91.4 Å². The van der Waals surface area contributed by atoms with Gasteiger partial charge < -0.3 is 24.7 Å². The highest BCUT2D eigenvalue weighted by molar-refractivity contribution is 7.90. The van der Waals surface area contributed by atoms with Crippen molar-refractivity contribution < 1.29 is 45.2 Å². The summed E-state index contributed by atoms with van der Waals surface area (Å²) in [6.45, 7) is 8.33. The van der Waals surface area contributed by atoms with Crippen LogP contribution < -0.4 is 19.7 Å². The molecule has 1 spiro atoms. The number of benzene rings is 4. The zero-order chi connectivity index (χ0) is 51.9. The predicted molar refractivity (Wildman–Crippen MR) is 271 cm³/mol. The van der Waals surface area contributed by atoms with E-state index < -0.39 is 60.1 Å². The van der Waals surface area contributed by atoms with Gasteiger partial charge in [-0.25, -0.2) is 35.7 Å². The normalized spacial score (nSPS) is 19.4. The van der Waals surface area contributed by atoms with Crippen molar-refractivity contribution in [3.63, 3.8) is 0 Å². The van der Waals surface area contributed by atoms with Crippen LogP contribution in [0.2, 0.25) is 0 Å². The predicted octanol–water partition coefficient (Wildman–Crippen LogP) is 10.2. The van der Waals surface area contributed by atoms with E-state index in [1.54, 1.807) is 24.4 Å². The number of aromatic amines is 1. The van der Waals surface area contributed by atoms with Crippen molar-refractivity contribution >= 4 is 44.0 Å². The van der Waals surface area contributed by atoms with E-state index in [4.69, 9.17) is 9.47 Å². The number of nitrogens with zero attached hydrogens (tertiary/aromatic N) is 5. The molecule has 4 aromatic carbocycles. The maximum atomic E-state index is 16.5. The van der Waals surface area contributed by atoms with E-state index in [1.165, 1.54) is 35.5 Å². The van der Waals surface area contributed by atoms with E-state index in [1.807, 2.05) is 9.62 Å². The first-order valence-corrected chi connectivity index (χ1v) is 26.5. The summed E-state index contributed by atoms with van der Waals surface area (Å²) in [4.78, 5) is 39.0. The van der Waals surface area contributed by atoms with Crippen molar-refractivity contribution in [2.75, 3.05) is 62.7 Å². The Kier molecular flexibility index (Phi) is 14.2. The molecule has 4 fully saturated rings.